The van der Waals surface area contributed by atoms with E-state index < -0.39 is 0 Å². The van der Waals surface area contributed by atoms with Crippen molar-refractivity contribution in [2.24, 2.45) is 0 Å². The lowest BCUT2D eigenvalue weighted by molar-refractivity contribution is 0.0316. The predicted octanol–water partition coefficient (Wildman–Crippen LogP) is 1.82. The lowest BCUT2D eigenvalue weighted by atomic mass is 9.97. The third kappa shape index (κ3) is 2.80. The van der Waals surface area contributed by atoms with Crippen LogP contribution in [-0.2, 0) is 6.54 Å². The van der Waals surface area contributed by atoms with Gasteiger partial charge in [0.15, 0.2) is 0 Å². The van der Waals surface area contributed by atoms with Crippen molar-refractivity contribution in [2.75, 3.05) is 6.54 Å². The first-order valence-electron chi connectivity index (χ1n) is 6.08. The Morgan fingerprint density at radius 2 is 2.44 bits per heavy atom. The molecule has 1 aromatic heterocycles. The molecule has 0 aliphatic carbocycles. The summed E-state index contributed by atoms with van der Waals surface area (Å²) < 4.78 is 0. The fourth-order valence-electron chi connectivity index (χ4n) is 2.49. The summed E-state index contributed by atoms with van der Waals surface area (Å²) in [5.41, 5.74) is 1.23. The van der Waals surface area contributed by atoms with Gasteiger partial charge < -0.3 is 5.11 Å². The Labute approximate surface area is 97.1 Å². The van der Waals surface area contributed by atoms with Gasteiger partial charge in [0, 0.05) is 25.0 Å². The molecule has 3 nitrogen and oxygen atoms in total. The molecule has 3 heteroatoms. The second-order valence-electron chi connectivity index (χ2n) is 4.64. The molecule has 0 radical (unpaired) electrons. The fraction of sp³-hybridized carbons (Fsp3) is 0.615. The molecule has 16 heavy (non-hydrogen) atoms. The summed E-state index contributed by atoms with van der Waals surface area (Å²) >= 11 is 0. The van der Waals surface area contributed by atoms with Crippen molar-refractivity contribution in [3.8, 4) is 0 Å². The van der Waals surface area contributed by atoms with Gasteiger partial charge in [0.05, 0.1) is 6.10 Å². The number of hydrogen-bond donors (Lipinski definition) is 1. The van der Waals surface area contributed by atoms with Gasteiger partial charge in [-0.25, -0.2) is 0 Å². The van der Waals surface area contributed by atoms with Crippen molar-refractivity contribution in [1.82, 2.24) is 9.88 Å². The van der Waals surface area contributed by atoms with Gasteiger partial charge in [-0.05, 0) is 37.9 Å². The monoisotopic (exact) mass is 220 g/mol. The van der Waals surface area contributed by atoms with Crippen LogP contribution in [-0.4, -0.2) is 33.7 Å². The third-order valence-electron chi connectivity index (χ3n) is 3.33. The van der Waals surface area contributed by atoms with Gasteiger partial charge in [-0.3, -0.25) is 9.88 Å². The zero-order valence-corrected chi connectivity index (χ0v) is 9.84. The van der Waals surface area contributed by atoms with E-state index in [2.05, 4.69) is 16.0 Å². The number of hydrogen-bond acceptors (Lipinski definition) is 3. The average Bonchev–Trinajstić information content (AvgIpc) is 2.31. The molecule has 0 saturated carbocycles. The first kappa shape index (κ1) is 11.6. The van der Waals surface area contributed by atoms with E-state index >= 15 is 0 Å². The largest absolute Gasteiger partial charge is 0.392 e. The predicted molar refractivity (Wildman–Crippen MR) is 64.0 cm³/mol. The molecule has 0 amide bonds. The summed E-state index contributed by atoms with van der Waals surface area (Å²) in [4.78, 5) is 6.51. The van der Waals surface area contributed by atoms with Gasteiger partial charge in [0.25, 0.3) is 0 Å². The first-order valence-corrected chi connectivity index (χ1v) is 6.08. The maximum Gasteiger partial charge on any atom is 0.0667 e. The standard InChI is InChI=1S/C13H20N2O/c1-11(16)13-6-2-3-8-15(13)10-12-5-4-7-14-9-12/h4-5,7,9,11,13,16H,2-3,6,8,10H2,1H3. The molecule has 88 valence electrons. The summed E-state index contributed by atoms with van der Waals surface area (Å²) in [7, 11) is 0. The Kier molecular flexibility index (Phi) is 3.91. The lowest BCUT2D eigenvalue weighted by Gasteiger charge is -2.37. The van der Waals surface area contributed by atoms with Gasteiger partial charge >= 0.3 is 0 Å². The van der Waals surface area contributed by atoms with E-state index in [4.69, 9.17) is 0 Å². The van der Waals surface area contributed by atoms with E-state index in [1.165, 1.54) is 18.4 Å². The Morgan fingerprint density at radius 1 is 1.56 bits per heavy atom. The summed E-state index contributed by atoms with van der Waals surface area (Å²) in [6.07, 6.45) is 7.05. The van der Waals surface area contributed by atoms with Crippen LogP contribution < -0.4 is 0 Å². The van der Waals surface area contributed by atoms with Crippen LogP contribution in [0.15, 0.2) is 24.5 Å². The minimum Gasteiger partial charge on any atom is -0.392 e. The van der Waals surface area contributed by atoms with Crippen LogP contribution in [0.1, 0.15) is 31.7 Å². The summed E-state index contributed by atoms with van der Waals surface area (Å²) in [6.45, 7) is 3.89. The Balaban J connectivity index is 2.01. The van der Waals surface area contributed by atoms with Crippen LogP contribution in [0.5, 0.6) is 0 Å². The number of nitrogens with zero attached hydrogens (tertiary/aromatic N) is 2. The van der Waals surface area contributed by atoms with Gasteiger partial charge in [-0.15, -0.1) is 0 Å². The van der Waals surface area contributed by atoms with Gasteiger partial charge in [0.2, 0.25) is 0 Å². The van der Waals surface area contributed by atoms with Crippen molar-refractivity contribution >= 4 is 0 Å². The highest BCUT2D eigenvalue weighted by atomic mass is 16.3. The lowest BCUT2D eigenvalue weighted by Crippen LogP contribution is -2.45. The normalized spacial score (nSPS) is 24.2. The molecule has 1 aromatic rings. The zero-order chi connectivity index (χ0) is 11.4. The quantitative estimate of drug-likeness (QED) is 0.844. The molecule has 0 aromatic carbocycles. The van der Waals surface area contributed by atoms with E-state index in [0.717, 1.165) is 19.5 Å². The second kappa shape index (κ2) is 5.41. The molecule has 1 aliphatic heterocycles. The number of rotatable bonds is 3. The molecule has 1 saturated heterocycles. The van der Waals surface area contributed by atoms with Gasteiger partial charge in [0.1, 0.15) is 0 Å². The van der Waals surface area contributed by atoms with Crippen LogP contribution >= 0.6 is 0 Å². The number of aliphatic hydroxyl groups is 1. The van der Waals surface area contributed by atoms with Gasteiger partial charge in [-0.1, -0.05) is 12.5 Å². The molecule has 0 bridgehead atoms. The van der Waals surface area contributed by atoms with Gasteiger partial charge in [-0.2, -0.15) is 0 Å². The van der Waals surface area contributed by atoms with Crippen molar-refractivity contribution in [1.29, 1.82) is 0 Å². The Morgan fingerprint density at radius 3 is 3.12 bits per heavy atom. The minimum atomic E-state index is -0.239. The molecular weight excluding hydrogens is 200 g/mol. The third-order valence-corrected chi connectivity index (χ3v) is 3.33. The van der Waals surface area contributed by atoms with E-state index in [9.17, 15) is 5.11 Å². The minimum absolute atomic E-state index is 0.239. The van der Waals surface area contributed by atoms with Crippen molar-refractivity contribution in [2.45, 2.75) is 44.9 Å². The van der Waals surface area contributed by atoms with Crippen molar-refractivity contribution in [3.63, 3.8) is 0 Å². The van der Waals surface area contributed by atoms with Crippen LogP contribution in [0, 0.1) is 0 Å². The highest BCUT2D eigenvalue weighted by Crippen LogP contribution is 2.21. The SMILES string of the molecule is CC(O)C1CCCCN1Cc1cccnc1. The summed E-state index contributed by atoms with van der Waals surface area (Å²) in [5.74, 6) is 0. The number of aromatic nitrogens is 1. The maximum atomic E-state index is 9.77. The molecule has 2 heterocycles. The average molecular weight is 220 g/mol. The van der Waals surface area contributed by atoms with Crippen molar-refractivity contribution in [3.05, 3.63) is 30.1 Å². The topological polar surface area (TPSA) is 36.4 Å². The number of likely N-dealkylation sites (tertiary alicyclic amines) is 1. The first-order chi connectivity index (χ1) is 7.77. The Bertz CT molecular complexity index is 313. The molecule has 2 rings (SSSR count). The molecule has 2 atom stereocenters. The van der Waals surface area contributed by atoms with Crippen LogP contribution in [0.4, 0.5) is 0 Å². The summed E-state index contributed by atoms with van der Waals surface area (Å²) in [6, 6.07) is 4.38. The fourth-order valence-corrected chi connectivity index (χ4v) is 2.49. The molecule has 1 aliphatic rings. The highest BCUT2D eigenvalue weighted by molar-refractivity contribution is 5.08. The van der Waals surface area contributed by atoms with Crippen LogP contribution in [0.25, 0.3) is 0 Å². The maximum absolute atomic E-state index is 9.77. The van der Waals surface area contributed by atoms with Crippen molar-refractivity contribution < 1.29 is 5.11 Å². The molecule has 0 spiro atoms. The molecule has 1 N–H and O–H groups in total. The molecular formula is C13H20N2O. The number of pyridine rings is 1. The second-order valence-corrected chi connectivity index (χ2v) is 4.64. The van der Waals surface area contributed by atoms with E-state index in [1.807, 2.05) is 19.2 Å². The van der Waals surface area contributed by atoms with E-state index in [0.29, 0.717) is 6.04 Å². The summed E-state index contributed by atoms with van der Waals surface area (Å²) in [5, 5.41) is 9.77. The smallest absolute Gasteiger partial charge is 0.0667 e. The highest BCUT2D eigenvalue weighted by Gasteiger charge is 2.25. The number of piperidine rings is 1. The zero-order valence-electron chi connectivity index (χ0n) is 9.84. The Hall–Kier alpha value is -0.930. The van der Waals surface area contributed by atoms with Crippen LogP contribution in [0.3, 0.4) is 0 Å². The van der Waals surface area contributed by atoms with E-state index in [-0.39, 0.29) is 6.10 Å². The van der Waals surface area contributed by atoms with Crippen LogP contribution in [0.2, 0.25) is 0 Å². The number of aliphatic hydroxyl groups excluding tert-OH is 1. The van der Waals surface area contributed by atoms with E-state index in [1.54, 1.807) is 6.20 Å². The molecule has 1 fully saturated rings. The molecule has 2 unspecified atom stereocenters.